The van der Waals surface area contributed by atoms with Gasteiger partial charge in [-0.2, -0.15) is 0 Å². The van der Waals surface area contributed by atoms with E-state index in [1.807, 2.05) is 50.3 Å². The summed E-state index contributed by atoms with van der Waals surface area (Å²) in [6.45, 7) is 4.11. The van der Waals surface area contributed by atoms with Crippen molar-refractivity contribution in [2.24, 2.45) is 0 Å². The molecule has 32 heavy (non-hydrogen) atoms. The number of benzene rings is 3. The lowest BCUT2D eigenvalue weighted by Gasteiger charge is -2.29. The average Bonchev–Trinajstić information content (AvgIpc) is 2.77. The van der Waals surface area contributed by atoms with Crippen molar-refractivity contribution in [1.82, 2.24) is 0 Å². The number of rotatable bonds is 6. The zero-order valence-electron chi connectivity index (χ0n) is 18.1. The number of halogens is 1. The molecular weight excluding hydrogens is 446 g/mol. The number of para-hydroxylation sites is 1. The number of anilines is 1. The van der Waals surface area contributed by atoms with Crippen molar-refractivity contribution in [3.05, 3.63) is 89.0 Å². The van der Waals surface area contributed by atoms with Gasteiger partial charge in [-0.05, 0) is 68.0 Å². The van der Waals surface area contributed by atoms with Crippen molar-refractivity contribution in [1.29, 1.82) is 0 Å². The quantitative estimate of drug-likeness (QED) is 0.449. The Bertz CT molecular complexity index is 1270. The number of fused-ring (bicyclic) bond motifs is 1. The molecule has 5 nitrogen and oxygen atoms in total. The van der Waals surface area contributed by atoms with E-state index < -0.39 is 10.0 Å². The number of hydrogen-bond acceptors (Lipinski definition) is 4. The van der Waals surface area contributed by atoms with Crippen molar-refractivity contribution in [2.45, 2.75) is 30.9 Å². The van der Waals surface area contributed by atoms with E-state index in [4.69, 9.17) is 21.1 Å². The second-order valence-corrected chi connectivity index (χ2v) is 10.3. The molecule has 0 saturated heterocycles. The molecular formula is C25H24ClNO4S. The Hall–Kier alpha value is -2.96. The highest BCUT2D eigenvalue weighted by Gasteiger charge is 2.29. The van der Waals surface area contributed by atoms with Gasteiger partial charge in [-0.3, -0.25) is 4.31 Å². The second kappa shape index (κ2) is 8.52. The molecule has 0 bridgehead atoms. The van der Waals surface area contributed by atoms with Crippen LogP contribution in [0.4, 0.5) is 5.69 Å². The lowest BCUT2D eigenvalue weighted by Crippen LogP contribution is -2.31. The first-order chi connectivity index (χ1) is 15.2. The second-order valence-electron chi connectivity index (χ2n) is 8.05. The summed E-state index contributed by atoms with van der Waals surface area (Å²) >= 11 is 6.13. The first kappa shape index (κ1) is 22.2. The van der Waals surface area contributed by atoms with Gasteiger partial charge in [0, 0.05) is 10.6 Å². The maximum absolute atomic E-state index is 13.8. The molecule has 166 valence electrons. The van der Waals surface area contributed by atoms with E-state index in [-0.39, 0.29) is 22.8 Å². The molecule has 0 unspecified atom stereocenters. The van der Waals surface area contributed by atoms with Crippen molar-refractivity contribution in [2.75, 3.05) is 11.4 Å². The van der Waals surface area contributed by atoms with Crippen LogP contribution >= 0.6 is 11.6 Å². The smallest absolute Gasteiger partial charge is 0.268 e. The summed E-state index contributed by atoms with van der Waals surface area (Å²) in [6.07, 6.45) is 3.99. The van der Waals surface area contributed by atoms with Gasteiger partial charge in [0.25, 0.3) is 10.0 Å². The zero-order valence-corrected chi connectivity index (χ0v) is 19.7. The van der Waals surface area contributed by atoms with Crippen LogP contribution in [0.25, 0.3) is 6.08 Å². The average molecular weight is 470 g/mol. The third-order valence-corrected chi connectivity index (χ3v) is 7.21. The van der Waals surface area contributed by atoms with Gasteiger partial charge < -0.3 is 9.47 Å². The molecule has 0 amide bonds. The normalized spacial score (nSPS) is 14.4. The molecule has 0 aromatic heterocycles. The Morgan fingerprint density at radius 2 is 1.78 bits per heavy atom. The van der Waals surface area contributed by atoms with E-state index >= 15 is 0 Å². The van der Waals surface area contributed by atoms with E-state index in [0.717, 1.165) is 16.9 Å². The van der Waals surface area contributed by atoms with Gasteiger partial charge in [-0.1, -0.05) is 41.9 Å². The Morgan fingerprint density at radius 3 is 2.50 bits per heavy atom. The van der Waals surface area contributed by atoms with Crippen LogP contribution in [0, 0.1) is 0 Å². The van der Waals surface area contributed by atoms with Crippen molar-refractivity contribution in [3.8, 4) is 11.5 Å². The van der Waals surface area contributed by atoms with Crippen LogP contribution in [0.2, 0.25) is 5.02 Å². The van der Waals surface area contributed by atoms with Crippen LogP contribution in [0.15, 0.2) is 77.7 Å². The molecule has 0 atom stereocenters. The minimum atomic E-state index is -3.98. The Balaban J connectivity index is 1.78. The molecule has 4 rings (SSSR count). The minimum Gasteiger partial charge on any atom is -0.495 e. The summed E-state index contributed by atoms with van der Waals surface area (Å²) in [5, 5.41) is 0.316. The molecule has 0 radical (unpaired) electrons. The first-order valence-corrected chi connectivity index (χ1v) is 11.9. The van der Waals surface area contributed by atoms with Crippen LogP contribution in [-0.2, 0) is 16.6 Å². The standard InChI is InChI=1S/C25H24ClNO4S/c1-25(2)14-13-19-15-18(9-11-22(19)31-25)17-27(21-7-5-4-6-8-21)32(28,29)24-16-20(26)10-12-23(24)30-3/h4-16H,17H2,1-3H3. The topological polar surface area (TPSA) is 55.8 Å². The highest BCUT2D eigenvalue weighted by atomic mass is 35.5. The monoisotopic (exact) mass is 469 g/mol. The Kier molecular flexibility index (Phi) is 5.93. The van der Waals surface area contributed by atoms with E-state index in [0.29, 0.717) is 10.7 Å². The fraction of sp³-hybridized carbons (Fsp3) is 0.200. The molecule has 3 aromatic rings. The fourth-order valence-corrected chi connectivity index (χ4v) is 5.45. The largest absolute Gasteiger partial charge is 0.495 e. The lowest BCUT2D eigenvalue weighted by atomic mass is 10.0. The van der Waals surface area contributed by atoms with Crippen LogP contribution in [0.1, 0.15) is 25.0 Å². The van der Waals surface area contributed by atoms with Crippen LogP contribution in [0.5, 0.6) is 11.5 Å². The molecule has 1 heterocycles. The van der Waals surface area contributed by atoms with Gasteiger partial charge in [-0.25, -0.2) is 8.42 Å². The minimum absolute atomic E-state index is 0.0132. The van der Waals surface area contributed by atoms with Crippen LogP contribution in [0.3, 0.4) is 0 Å². The number of nitrogens with zero attached hydrogens (tertiary/aromatic N) is 1. The molecule has 0 aliphatic carbocycles. The van der Waals surface area contributed by atoms with E-state index in [2.05, 4.69) is 0 Å². The molecule has 3 aromatic carbocycles. The van der Waals surface area contributed by atoms with E-state index in [9.17, 15) is 8.42 Å². The summed E-state index contributed by atoms with van der Waals surface area (Å²) in [4.78, 5) is 0.0132. The molecule has 0 spiro atoms. The zero-order chi connectivity index (χ0) is 22.9. The number of methoxy groups -OCH3 is 1. The van der Waals surface area contributed by atoms with Gasteiger partial charge >= 0.3 is 0 Å². The van der Waals surface area contributed by atoms with E-state index in [1.54, 1.807) is 36.4 Å². The third-order valence-electron chi connectivity index (χ3n) is 5.18. The van der Waals surface area contributed by atoms with Crippen molar-refractivity contribution < 1.29 is 17.9 Å². The fourth-order valence-electron chi connectivity index (χ4n) is 3.57. The molecule has 0 fully saturated rings. The third kappa shape index (κ3) is 4.47. The maximum atomic E-state index is 13.8. The van der Waals surface area contributed by atoms with Crippen molar-refractivity contribution in [3.63, 3.8) is 0 Å². The van der Waals surface area contributed by atoms with Gasteiger partial charge in [0.15, 0.2) is 0 Å². The van der Waals surface area contributed by atoms with Crippen LogP contribution in [-0.4, -0.2) is 21.1 Å². The number of hydrogen-bond donors (Lipinski definition) is 0. The number of ether oxygens (including phenoxy) is 2. The van der Waals surface area contributed by atoms with Gasteiger partial charge in [0.1, 0.15) is 22.0 Å². The Labute approximate surface area is 193 Å². The predicted molar refractivity (Wildman–Crippen MR) is 128 cm³/mol. The summed E-state index contributed by atoms with van der Waals surface area (Å²) in [5.41, 5.74) is 1.90. The maximum Gasteiger partial charge on any atom is 0.268 e. The highest BCUT2D eigenvalue weighted by Crippen LogP contribution is 2.35. The van der Waals surface area contributed by atoms with Gasteiger partial charge in [0.05, 0.1) is 19.3 Å². The summed E-state index contributed by atoms with van der Waals surface area (Å²) in [7, 11) is -2.55. The predicted octanol–water partition coefficient (Wildman–Crippen LogP) is 5.93. The summed E-state index contributed by atoms with van der Waals surface area (Å²) in [5.74, 6) is 1.01. The highest BCUT2D eigenvalue weighted by molar-refractivity contribution is 7.93. The first-order valence-electron chi connectivity index (χ1n) is 10.1. The molecule has 0 saturated carbocycles. The summed E-state index contributed by atoms with van der Waals surface area (Å²) in [6, 6.07) is 19.3. The SMILES string of the molecule is COc1ccc(Cl)cc1S(=O)(=O)N(Cc1ccc2c(c1)C=CC(C)(C)O2)c1ccccc1. The number of sulfonamides is 1. The Morgan fingerprint density at radius 1 is 1.03 bits per heavy atom. The lowest BCUT2D eigenvalue weighted by molar-refractivity contribution is 0.159. The van der Waals surface area contributed by atoms with Gasteiger partial charge in [0.2, 0.25) is 0 Å². The molecule has 1 aliphatic rings. The van der Waals surface area contributed by atoms with Gasteiger partial charge in [-0.15, -0.1) is 0 Å². The van der Waals surface area contributed by atoms with Crippen LogP contribution < -0.4 is 13.8 Å². The molecule has 0 N–H and O–H groups in total. The molecule has 7 heteroatoms. The van der Waals surface area contributed by atoms with Crippen molar-refractivity contribution >= 4 is 33.4 Å². The summed E-state index contributed by atoms with van der Waals surface area (Å²) < 4.78 is 40.3. The van der Waals surface area contributed by atoms with E-state index in [1.165, 1.54) is 17.5 Å². The molecule has 1 aliphatic heterocycles.